The molecule has 0 aromatic carbocycles. The van der Waals surface area contributed by atoms with Crippen molar-refractivity contribution in [3.8, 4) is 0 Å². The van der Waals surface area contributed by atoms with Crippen molar-refractivity contribution in [1.82, 2.24) is 5.32 Å². The van der Waals surface area contributed by atoms with Crippen molar-refractivity contribution >= 4 is 5.78 Å². The van der Waals surface area contributed by atoms with E-state index >= 15 is 0 Å². The van der Waals surface area contributed by atoms with Gasteiger partial charge in [0.2, 0.25) is 0 Å². The molecule has 0 aliphatic heterocycles. The molecule has 0 rings (SSSR count). The second kappa shape index (κ2) is 5.08. The van der Waals surface area contributed by atoms with E-state index in [-0.39, 0.29) is 22.8 Å². The van der Waals surface area contributed by atoms with Crippen molar-refractivity contribution in [2.75, 3.05) is 6.54 Å². The quantitative estimate of drug-likeness (QED) is 0.749. The molecule has 90 valence electrons. The van der Waals surface area contributed by atoms with Gasteiger partial charge in [0.1, 0.15) is 0 Å². The predicted molar refractivity (Wildman–Crippen MR) is 64.8 cm³/mol. The van der Waals surface area contributed by atoms with E-state index in [1.54, 1.807) is 0 Å². The van der Waals surface area contributed by atoms with Crippen LogP contribution in [0.1, 0.15) is 48.0 Å². The number of rotatable bonds is 4. The summed E-state index contributed by atoms with van der Waals surface area (Å²) in [7, 11) is 0. The van der Waals surface area contributed by atoms with Crippen molar-refractivity contribution in [3.63, 3.8) is 0 Å². The molecule has 0 amide bonds. The molecule has 0 saturated heterocycles. The second-order valence-corrected chi connectivity index (χ2v) is 6.14. The van der Waals surface area contributed by atoms with Crippen LogP contribution >= 0.6 is 0 Å². The molecule has 0 spiro atoms. The molecule has 0 saturated carbocycles. The Hall–Kier alpha value is -0.410. The van der Waals surface area contributed by atoms with Gasteiger partial charge in [-0.05, 0) is 33.7 Å². The Morgan fingerprint density at radius 2 is 1.67 bits per heavy atom. The SMILES string of the molecule is CC(C)(C)N[C@@H](CCN)C(=O)C(C)(C)C. The van der Waals surface area contributed by atoms with Crippen molar-refractivity contribution in [2.45, 2.75) is 59.5 Å². The third-order valence-electron chi connectivity index (χ3n) is 2.12. The number of ketones is 1. The first-order valence-corrected chi connectivity index (χ1v) is 5.60. The molecule has 0 aromatic heterocycles. The molecule has 3 heteroatoms. The lowest BCUT2D eigenvalue weighted by Gasteiger charge is -2.31. The molecule has 1 atom stereocenters. The van der Waals surface area contributed by atoms with Crippen molar-refractivity contribution < 1.29 is 4.79 Å². The summed E-state index contributed by atoms with van der Waals surface area (Å²) in [5.74, 6) is 0.239. The number of carbonyl (C=O) groups is 1. The van der Waals surface area contributed by atoms with E-state index in [1.165, 1.54) is 0 Å². The maximum Gasteiger partial charge on any atom is 0.155 e. The van der Waals surface area contributed by atoms with E-state index in [4.69, 9.17) is 5.73 Å². The zero-order chi connectivity index (χ0) is 12.3. The summed E-state index contributed by atoms with van der Waals surface area (Å²) in [6.45, 7) is 12.6. The Morgan fingerprint density at radius 3 is 1.93 bits per heavy atom. The van der Waals surface area contributed by atoms with Gasteiger partial charge in [0.25, 0.3) is 0 Å². The normalized spacial score (nSPS) is 15.1. The van der Waals surface area contributed by atoms with Gasteiger partial charge in [-0.2, -0.15) is 0 Å². The van der Waals surface area contributed by atoms with Gasteiger partial charge in [-0.15, -0.1) is 0 Å². The largest absolute Gasteiger partial charge is 0.330 e. The third kappa shape index (κ3) is 5.90. The van der Waals surface area contributed by atoms with E-state index in [1.807, 2.05) is 20.8 Å². The molecule has 0 unspecified atom stereocenters. The molecule has 0 bridgehead atoms. The molecule has 0 radical (unpaired) electrons. The fourth-order valence-electron chi connectivity index (χ4n) is 1.48. The molecular formula is C12H26N2O. The Bertz CT molecular complexity index is 211. The minimum absolute atomic E-state index is 0.0548. The highest BCUT2D eigenvalue weighted by Gasteiger charge is 2.31. The Kier molecular flexibility index (Phi) is 4.94. The van der Waals surface area contributed by atoms with Crippen LogP contribution in [0.2, 0.25) is 0 Å². The van der Waals surface area contributed by atoms with E-state index in [0.717, 1.165) is 0 Å². The monoisotopic (exact) mass is 214 g/mol. The molecule has 3 nitrogen and oxygen atoms in total. The van der Waals surface area contributed by atoms with Crippen LogP contribution in [0.15, 0.2) is 0 Å². The lowest BCUT2D eigenvalue weighted by molar-refractivity contribution is -0.129. The van der Waals surface area contributed by atoms with Gasteiger partial charge in [0.15, 0.2) is 5.78 Å². The zero-order valence-electron chi connectivity index (χ0n) is 11.0. The summed E-state index contributed by atoms with van der Waals surface area (Å²) in [6.07, 6.45) is 0.702. The van der Waals surface area contributed by atoms with Crippen LogP contribution in [0.5, 0.6) is 0 Å². The topological polar surface area (TPSA) is 55.1 Å². The van der Waals surface area contributed by atoms with Gasteiger partial charge >= 0.3 is 0 Å². The lowest BCUT2D eigenvalue weighted by Crippen LogP contribution is -2.51. The lowest BCUT2D eigenvalue weighted by atomic mass is 9.84. The summed E-state index contributed by atoms with van der Waals surface area (Å²) in [5, 5.41) is 3.33. The van der Waals surface area contributed by atoms with Crippen LogP contribution < -0.4 is 11.1 Å². The Balaban J connectivity index is 4.60. The van der Waals surface area contributed by atoms with Crippen LogP contribution in [-0.4, -0.2) is 23.9 Å². The molecule has 0 aliphatic rings. The van der Waals surface area contributed by atoms with Crippen LogP contribution in [0.4, 0.5) is 0 Å². The van der Waals surface area contributed by atoms with Gasteiger partial charge in [-0.3, -0.25) is 4.79 Å². The molecule has 0 aliphatic carbocycles. The average Bonchev–Trinajstić information content (AvgIpc) is 1.98. The fourth-order valence-corrected chi connectivity index (χ4v) is 1.48. The molecule has 0 fully saturated rings. The standard InChI is InChI=1S/C12H26N2O/c1-11(2,3)10(15)9(7-8-13)14-12(4,5)6/h9,14H,7-8,13H2,1-6H3/t9-/m0/s1. The average molecular weight is 214 g/mol. The number of hydrogen-bond acceptors (Lipinski definition) is 3. The fraction of sp³-hybridized carbons (Fsp3) is 0.917. The molecule has 3 N–H and O–H groups in total. The molecular weight excluding hydrogens is 188 g/mol. The summed E-state index contributed by atoms with van der Waals surface area (Å²) in [4.78, 5) is 12.1. The molecule has 0 aromatic rings. The zero-order valence-corrected chi connectivity index (χ0v) is 11.0. The maximum atomic E-state index is 12.1. The van der Waals surface area contributed by atoms with E-state index in [9.17, 15) is 4.79 Å². The van der Waals surface area contributed by atoms with Crippen LogP contribution in [0, 0.1) is 5.41 Å². The van der Waals surface area contributed by atoms with Gasteiger partial charge in [0, 0.05) is 11.0 Å². The second-order valence-electron chi connectivity index (χ2n) is 6.14. The van der Waals surface area contributed by atoms with E-state index in [2.05, 4.69) is 26.1 Å². The van der Waals surface area contributed by atoms with E-state index in [0.29, 0.717) is 13.0 Å². The molecule has 0 heterocycles. The van der Waals surface area contributed by atoms with Crippen LogP contribution in [0.3, 0.4) is 0 Å². The first-order valence-electron chi connectivity index (χ1n) is 5.60. The highest BCUT2D eigenvalue weighted by molar-refractivity contribution is 5.88. The highest BCUT2D eigenvalue weighted by atomic mass is 16.1. The Morgan fingerprint density at radius 1 is 1.20 bits per heavy atom. The predicted octanol–water partition coefficient (Wildman–Crippen LogP) is 1.71. The Labute approximate surface area is 93.8 Å². The highest BCUT2D eigenvalue weighted by Crippen LogP contribution is 2.19. The maximum absolute atomic E-state index is 12.1. The van der Waals surface area contributed by atoms with Gasteiger partial charge < -0.3 is 11.1 Å². The van der Waals surface area contributed by atoms with Crippen molar-refractivity contribution in [3.05, 3.63) is 0 Å². The number of hydrogen-bond donors (Lipinski definition) is 2. The third-order valence-corrected chi connectivity index (χ3v) is 2.12. The van der Waals surface area contributed by atoms with Gasteiger partial charge in [-0.1, -0.05) is 20.8 Å². The molecule has 15 heavy (non-hydrogen) atoms. The number of nitrogens with two attached hydrogens (primary N) is 1. The smallest absolute Gasteiger partial charge is 0.155 e. The summed E-state index contributed by atoms with van der Waals surface area (Å²) in [5.41, 5.74) is 5.17. The summed E-state index contributed by atoms with van der Waals surface area (Å²) in [6, 6.07) is -0.130. The summed E-state index contributed by atoms with van der Waals surface area (Å²) >= 11 is 0. The number of Topliss-reactive ketones (excluding diaryl/α,β-unsaturated/α-hetero) is 1. The van der Waals surface area contributed by atoms with Gasteiger partial charge in [0.05, 0.1) is 6.04 Å². The van der Waals surface area contributed by atoms with Crippen LogP contribution in [0.25, 0.3) is 0 Å². The minimum Gasteiger partial charge on any atom is -0.330 e. The van der Waals surface area contributed by atoms with Crippen LogP contribution in [-0.2, 0) is 4.79 Å². The van der Waals surface area contributed by atoms with E-state index < -0.39 is 0 Å². The minimum atomic E-state index is -0.307. The number of nitrogens with one attached hydrogen (secondary N) is 1. The van der Waals surface area contributed by atoms with Crippen molar-refractivity contribution in [2.24, 2.45) is 11.1 Å². The first-order chi connectivity index (χ1) is 6.58. The van der Waals surface area contributed by atoms with Gasteiger partial charge in [-0.25, -0.2) is 0 Å². The number of carbonyl (C=O) groups excluding carboxylic acids is 1. The van der Waals surface area contributed by atoms with Crippen molar-refractivity contribution in [1.29, 1.82) is 0 Å². The first kappa shape index (κ1) is 14.6. The summed E-state index contributed by atoms with van der Waals surface area (Å²) < 4.78 is 0.